The number of imide groups is 1. The molecule has 22 heavy (non-hydrogen) atoms. The number of carbonyl (C=O) groups is 3. The van der Waals surface area contributed by atoms with E-state index in [4.69, 9.17) is 0 Å². The van der Waals surface area contributed by atoms with Crippen molar-refractivity contribution in [2.24, 2.45) is 0 Å². The van der Waals surface area contributed by atoms with Crippen LogP contribution >= 0.6 is 0 Å². The Labute approximate surface area is 129 Å². The molecule has 1 N–H and O–H groups in total. The lowest BCUT2D eigenvalue weighted by Gasteiger charge is -2.18. The Morgan fingerprint density at radius 2 is 2.09 bits per heavy atom. The molecular formula is C16H19N3O3. The number of hydrogen-bond donors (Lipinski definition) is 1. The Balaban J connectivity index is 1.84. The van der Waals surface area contributed by atoms with E-state index in [-0.39, 0.29) is 30.3 Å². The minimum Gasteiger partial charge on any atom is -0.355 e. The molecule has 0 saturated carbocycles. The number of hydrogen-bond acceptors (Lipinski definition) is 3. The van der Waals surface area contributed by atoms with Gasteiger partial charge in [0.15, 0.2) is 0 Å². The molecule has 0 aromatic heterocycles. The highest BCUT2D eigenvalue weighted by Gasteiger charge is 2.36. The van der Waals surface area contributed by atoms with Gasteiger partial charge in [-0.05, 0) is 24.1 Å². The summed E-state index contributed by atoms with van der Waals surface area (Å²) in [5, 5.41) is 2.80. The molecule has 6 nitrogen and oxygen atoms in total. The Morgan fingerprint density at radius 3 is 2.77 bits per heavy atom. The van der Waals surface area contributed by atoms with E-state index in [9.17, 15) is 14.4 Å². The van der Waals surface area contributed by atoms with Gasteiger partial charge in [0.25, 0.3) is 5.91 Å². The molecule has 116 valence electrons. The van der Waals surface area contributed by atoms with Crippen LogP contribution in [0.25, 0.3) is 0 Å². The average Bonchev–Trinajstić information content (AvgIpc) is 3.04. The second-order valence-corrected chi connectivity index (χ2v) is 5.73. The van der Waals surface area contributed by atoms with Crippen LogP contribution in [0.5, 0.6) is 0 Å². The van der Waals surface area contributed by atoms with Crippen molar-refractivity contribution in [3.05, 3.63) is 29.8 Å². The Hall–Kier alpha value is -2.37. The zero-order chi connectivity index (χ0) is 15.7. The van der Waals surface area contributed by atoms with Crippen LogP contribution in [0, 0.1) is 0 Å². The van der Waals surface area contributed by atoms with Crippen molar-refractivity contribution in [1.29, 1.82) is 0 Å². The summed E-state index contributed by atoms with van der Waals surface area (Å²) < 4.78 is 0. The van der Waals surface area contributed by atoms with Gasteiger partial charge in [-0.25, -0.2) is 9.69 Å². The zero-order valence-corrected chi connectivity index (χ0v) is 12.5. The molecule has 0 radical (unpaired) electrons. The molecule has 0 bridgehead atoms. The molecule has 2 aliphatic heterocycles. The first-order chi connectivity index (χ1) is 10.6. The van der Waals surface area contributed by atoms with E-state index in [0.717, 1.165) is 12.0 Å². The van der Waals surface area contributed by atoms with Crippen LogP contribution in [0.15, 0.2) is 24.3 Å². The second kappa shape index (κ2) is 5.79. The first-order valence-electron chi connectivity index (χ1n) is 7.58. The number of carbonyl (C=O) groups excluding carboxylic acids is 3. The fraction of sp³-hybridized carbons (Fsp3) is 0.438. The van der Waals surface area contributed by atoms with Crippen LogP contribution in [0.3, 0.4) is 0 Å². The minimum atomic E-state index is -0.260. The van der Waals surface area contributed by atoms with Crippen LogP contribution in [-0.4, -0.2) is 42.4 Å². The first-order valence-corrected chi connectivity index (χ1v) is 7.58. The Morgan fingerprint density at radius 1 is 1.27 bits per heavy atom. The summed E-state index contributed by atoms with van der Waals surface area (Å²) in [7, 11) is 0. The highest BCUT2D eigenvalue weighted by molar-refractivity contribution is 6.19. The third kappa shape index (κ3) is 2.56. The maximum Gasteiger partial charge on any atom is 0.331 e. The van der Waals surface area contributed by atoms with Gasteiger partial charge in [-0.2, -0.15) is 0 Å². The fourth-order valence-corrected chi connectivity index (χ4v) is 3.01. The van der Waals surface area contributed by atoms with E-state index in [1.54, 1.807) is 11.0 Å². The van der Waals surface area contributed by atoms with Gasteiger partial charge in [-0.15, -0.1) is 0 Å². The second-order valence-electron chi connectivity index (χ2n) is 5.73. The van der Waals surface area contributed by atoms with Crippen molar-refractivity contribution >= 4 is 23.5 Å². The van der Waals surface area contributed by atoms with Crippen LogP contribution in [0.1, 0.15) is 31.2 Å². The van der Waals surface area contributed by atoms with Crippen molar-refractivity contribution < 1.29 is 14.4 Å². The van der Waals surface area contributed by atoms with Gasteiger partial charge in [-0.3, -0.25) is 9.59 Å². The summed E-state index contributed by atoms with van der Waals surface area (Å²) in [6, 6.07) is 7.11. The Kier molecular flexibility index (Phi) is 3.83. The predicted molar refractivity (Wildman–Crippen MR) is 81.6 cm³/mol. The highest BCUT2D eigenvalue weighted by Crippen LogP contribution is 2.28. The van der Waals surface area contributed by atoms with Crippen molar-refractivity contribution in [2.45, 2.75) is 25.7 Å². The van der Waals surface area contributed by atoms with Gasteiger partial charge in [0.2, 0.25) is 5.91 Å². The number of anilines is 1. The SMILES string of the molecule is CCCN1CC(=O)N(c2cccc(C3CNC(=O)C3)c2)C1=O. The molecule has 1 atom stereocenters. The normalized spacial score (nSPS) is 21.7. The molecule has 6 heteroatoms. The smallest absolute Gasteiger partial charge is 0.331 e. The maximum absolute atomic E-state index is 12.4. The van der Waals surface area contributed by atoms with Gasteiger partial charge in [0, 0.05) is 25.4 Å². The van der Waals surface area contributed by atoms with E-state index in [2.05, 4.69) is 5.32 Å². The number of benzene rings is 1. The molecule has 1 aromatic carbocycles. The fourth-order valence-electron chi connectivity index (χ4n) is 3.01. The molecule has 1 unspecified atom stereocenters. The van der Waals surface area contributed by atoms with Gasteiger partial charge >= 0.3 is 6.03 Å². The quantitative estimate of drug-likeness (QED) is 0.856. The van der Waals surface area contributed by atoms with E-state index < -0.39 is 0 Å². The predicted octanol–water partition coefficient (Wildman–Crippen LogP) is 1.47. The average molecular weight is 301 g/mol. The monoisotopic (exact) mass is 301 g/mol. The lowest BCUT2D eigenvalue weighted by atomic mass is 9.97. The molecular weight excluding hydrogens is 282 g/mol. The standard InChI is InChI=1S/C16H19N3O3/c1-2-6-18-10-15(21)19(16(18)22)13-5-3-4-11(7-13)12-8-14(20)17-9-12/h3-5,7,12H,2,6,8-10H2,1H3,(H,17,20). The number of nitrogens with one attached hydrogen (secondary N) is 1. The number of nitrogens with zero attached hydrogens (tertiary/aromatic N) is 2. The topological polar surface area (TPSA) is 69.7 Å². The summed E-state index contributed by atoms with van der Waals surface area (Å²) in [6.45, 7) is 3.31. The van der Waals surface area contributed by atoms with E-state index in [1.807, 2.05) is 25.1 Å². The van der Waals surface area contributed by atoms with Gasteiger partial charge in [-0.1, -0.05) is 19.1 Å². The molecule has 2 heterocycles. The van der Waals surface area contributed by atoms with Crippen LogP contribution in [0.4, 0.5) is 10.5 Å². The van der Waals surface area contributed by atoms with Gasteiger partial charge in [0.05, 0.1) is 5.69 Å². The summed E-state index contributed by atoms with van der Waals surface area (Å²) in [5.74, 6) is -0.0546. The van der Waals surface area contributed by atoms with Gasteiger partial charge < -0.3 is 10.2 Å². The van der Waals surface area contributed by atoms with Crippen LogP contribution in [-0.2, 0) is 9.59 Å². The number of amides is 4. The molecule has 3 rings (SSSR count). The molecule has 0 aliphatic carbocycles. The summed E-state index contributed by atoms with van der Waals surface area (Å²) in [5.41, 5.74) is 1.57. The number of urea groups is 1. The largest absolute Gasteiger partial charge is 0.355 e. The summed E-state index contributed by atoms with van der Waals surface area (Å²) in [4.78, 5) is 38.7. The Bertz CT molecular complexity index is 629. The van der Waals surface area contributed by atoms with E-state index >= 15 is 0 Å². The molecule has 4 amide bonds. The van der Waals surface area contributed by atoms with Crippen molar-refractivity contribution in [1.82, 2.24) is 10.2 Å². The third-order valence-electron chi connectivity index (χ3n) is 4.11. The molecule has 2 saturated heterocycles. The van der Waals surface area contributed by atoms with Crippen LogP contribution < -0.4 is 10.2 Å². The van der Waals surface area contributed by atoms with Gasteiger partial charge in [0.1, 0.15) is 6.54 Å². The van der Waals surface area contributed by atoms with Crippen molar-refractivity contribution in [3.63, 3.8) is 0 Å². The first kappa shape index (κ1) is 14.6. The molecule has 2 fully saturated rings. The highest BCUT2D eigenvalue weighted by atomic mass is 16.2. The summed E-state index contributed by atoms with van der Waals surface area (Å²) in [6.07, 6.45) is 1.27. The maximum atomic E-state index is 12.4. The lowest BCUT2D eigenvalue weighted by Crippen LogP contribution is -2.33. The van der Waals surface area contributed by atoms with E-state index in [0.29, 0.717) is 25.2 Å². The van der Waals surface area contributed by atoms with Crippen molar-refractivity contribution in [2.75, 3.05) is 24.5 Å². The third-order valence-corrected chi connectivity index (χ3v) is 4.11. The van der Waals surface area contributed by atoms with Crippen molar-refractivity contribution in [3.8, 4) is 0 Å². The summed E-state index contributed by atoms with van der Waals surface area (Å²) >= 11 is 0. The number of rotatable bonds is 4. The van der Waals surface area contributed by atoms with E-state index in [1.165, 1.54) is 4.90 Å². The lowest BCUT2D eigenvalue weighted by molar-refractivity contribution is -0.119. The van der Waals surface area contributed by atoms with Crippen LogP contribution in [0.2, 0.25) is 0 Å². The molecule has 1 aromatic rings. The molecule has 0 spiro atoms. The minimum absolute atomic E-state index is 0.0397. The zero-order valence-electron chi connectivity index (χ0n) is 12.5. The molecule has 2 aliphatic rings.